The normalized spacial score (nSPS) is 19.7. The van der Waals surface area contributed by atoms with Gasteiger partial charge in [0.05, 0.1) is 0 Å². The van der Waals surface area contributed by atoms with Gasteiger partial charge in [-0.25, -0.2) is 0 Å². The average Bonchev–Trinajstić information content (AvgIpc) is 2.25. The molecule has 0 fully saturated rings. The molecule has 10 heavy (non-hydrogen) atoms. The molecule has 0 aromatic heterocycles. The van der Waals surface area contributed by atoms with E-state index >= 15 is 0 Å². The minimum atomic E-state index is 0. The van der Waals surface area contributed by atoms with Gasteiger partial charge in [-0.15, -0.1) is 0 Å². The number of carbonyl (C=O) groups excluding carboxylic acids is 1. The zero-order valence-electron chi connectivity index (χ0n) is 5.64. The summed E-state index contributed by atoms with van der Waals surface area (Å²) in [7, 11) is 0. The van der Waals surface area contributed by atoms with Gasteiger partial charge in [0.2, 0.25) is 0 Å². The summed E-state index contributed by atoms with van der Waals surface area (Å²) in [5, 5.41) is 0. The van der Waals surface area contributed by atoms with Crippen molar-refractivity contribution in [3.8, 4) is 0 Å². The Morgan fingerprint density at radius 1 is 1.30 bits per heavy atom. The molecule has 2 aliphatic rings. The van der Waals surface area contributed by atoms with Gasteiger partial charge < -0.3 is 0 Å². The van der Waals surface area contributed by atoms with Crippen LogP contribution in [0, 0.1) is 0 Å². The molecule has 1 nitrogen and oxygen atoms in total. The second-order valence-corrected chi connectivity index (χ2v) is 2.36. The van der Waals surface area contributed by atoms with Gasteiger partial charge in [0, 0.05) is 11.1 Å². The van der Waals surface area contributed by atoms with E-state index in [1.54, 1.807) is 0 Å². The largest absolute Gasteiger partial charge is 0.289 e. The van der Waals surface area contributed by atoms with Crippen molar-refractivity contribution in [2.75, 3.05) is 0 Å². The standard InChI is InChI=1S/C8H6O.H2S/c1-5-4-6-2-3-7(5)8(6)9;/h2-4H,1H3;1H2. The summed E-state index contributed by atoms with van der Waals surface area (Å²) >= 11 is 0. The fraction of sp³-hybridized carbons (Fsp3) is 0.125. The molecule has 2 rings (SSSR count). The third-order valence-corrected chi connectivity index (χ3v) is 1.73. The number of rotatable bonds is 0. The molecule has 0 aliphatic heterocycles. The summed E-state index contributed by atoms with van der Waals surface area (Å²) in [5.41, 5.74) is 2.84. The lowest BCUT2D eigenvalue weighted by Gasteiger charge is -1.87. The molecule has 52 valence electrons. The third kappa shape index (κ3) is 0.688. The maximum atomic E-state index is 11.0. The SMILES string of the molecule is CC1=C2C=CC(=C1)C2=O.S. The summed E-state index contributed by atoms with van der Waals surface area (Å²) < 4.78 is 0. The van der Waals surface area contributed by atoms with Gasteiger partial charge >= 0.3 is 0 Å². The van der Waals surface area contributed by atoms with Gasteiger partial charge in [-0.2, -0.15) is 13.5 Å². The predicted molar refractivity (Wildman–Crippen MR) is 45.3 cm³/mol. The van der Waals surface area contributed by atoms with Crippen LogP contribution in [0.2, 0.25) is 0 Å². The number of ketones is 1. The molecule has 0 unspecified atom stereocenters. The van der Waals surface area contributed by atoms with Gasteiger partial charge in [-0.05, 0) is 18.6 Å². The molecule has 0 amide bonds. The number of Topliss-reactive ketones (excluding diaryl/α,β-unsaturated/α-hetero) is 1. The first-order valence-corrected chi connectivity index (χ1v) is 2.94. The minimum Gasteiger partial charge on any atom is -0.289 e. The summed E-state index contributed by atoms with van der Waals surface area (Å²) in [6.45, 7) is 1.96. The Morgan fingerprint density at radius 3 is 2.20 bits per heavy atom. The topological polar surface area (TPSA) is 17.1 Å². The fourth-order valence-corrected chi connectivity index (χ4v) is 1.22. The molecule has 0 aromatic carbocycles. The molecule has 2 heteroatoms. The van der Waals surface area contributed by atoms with Crippen LogP contribution >= 0.6 is 13.5 Å². The van der Waals surface area contributed by atoms with Gasteiger partial charge in [0.25, 0.3) is 0 Å². The zero-order chi connectivity index (χ0) is 6.43. The number of fused-ring (bicyclic) bond motifs is 2. The maximum absolute atomic E-state index is 11.0. The Bertz CT molecular complexity index is 282. The van der Waals surface area contributed by atoms with Crippen molar-refractivity contribution in [2.45, 2.75) is 6.92 Å². The van der Waals surface area contributed by atoms with Crippen LogP contribution in [0.4, 0.5) is 0 Å². The minimum absolute atomic E-state index is 0. The summed E-state index contributed by atoms with van der Waals surface area (Å²) in [5.74, 6) is 0.201. The van der Waals surface area contributed by atoms with Crippen molar-refractivity contribution >= 4 is 19.3 Å². The van der Waals surface area contributed by atoms with E-state index in [1.807, 2.05) is 25.2 Å². The van der Waals surface area contributed by atoms with Crippen LogP contribution in [0.3, 0.4) is 0 Å². The Hall–Kier alpha value is -0.760. The highest BCUT2D eigenvalue weighted by Crippen LogP contribution is 2.29. The summed E-state index contributed by atoms with van der Waals surface area (Å²) in [6, 6.07) is 0. The van der Waals surface area contributed by atoms with Gasteiger partial charge in [-0.1, -0.05) is 12.2 Å². The van der Waals surface area contributed by atoms with E-state index in [4.69, 9.17) is 0 Å². The van der Waals surface area contributed by atoms with Crippen LogP contribution in [0.5, 0.6) is 0 Å². The molecule has 2 aliphatic carbocycles. The van der Waals surface area contributed by atoms with Crippen LogP contribution in [0.15, 0.2) is 34.9 Å². The molecule has 0 saturated carbocycles. The van der Waals surface area contributed by atoms with E-state index in [0.717, 1.165) is 16.7 Å². The second-order valence-electron chi connectivity index (χ2n) is 2.36. The molecule has 0 heterocycles. The molecule has 0 radical (unpaired) electrons. The van der Waals surface area contributed by atoms with Crippen molar-refractivity contribution < 1.29 is 4.79 Å². The Labute approximate surface area is 66.6 Å². The first kappa shape index (κ1) is 7.35. The average molecular weight is 152 g/mol. The van der Waals surface area contributed by atoms with Crippen LogP contribution in [0.1, 0.15) is 6.92 Å². The number of allylic oxidation sites excluding steroid dienone is 6. The van der Waals surface area contributed by atoms with E-state index in [9.17, 15) is 4.79 Å². The van der Waals surface area contributed by atoms with Gasteiger partial charge in [-0.3, -0.25) is 4.79 Å². The molecular formula is C8H8OS. The summed E-state index contributed by atoms with van der Waals surface area (Å²) in [4.78, 5) is 11.0. The van der Waals surface area contributed by atoms with Crippen molar-refractivity contribution in [1.82, 2.24) is 0 Å². The van der Waals surface area contributed by atoms with Gasteiger partial charge in [0.15, 0.2) is 5.78 Å². The highest BCUT2D eigenvalue weighted by Gasteiger charge is 2.23. The van der Waals surface area contributed by atoms with E-state index in [2.05, 4.69) is 0 Å². The van der Waals surface area contributed by atoms with E-state index in [-0.39, 0.29) is 19.3 Å². The van der Waals surface area contributed by atoms with Crippen molar-refractivity contribution in [2.24, 2.45) is 0 Å². The third-order valence-electron chi connectivity index (χ3n) is 1.73. The highest BCUT2D eigenvalue weighted by atomic mass is 32.1. The molecule has 0 saturated heterocycles. The summed E-state index contributed by atoms with van der Waals surface area (Å²) in [6.07, 6.45) is 5.68. The van der Waals surface area contributed by atoms with Crippen LogP contribution in [-0.2, 0) is 4.79 Å². The fourth-order valence-electron chi connectivity index (χ4n) is 1.22. The zero-order valence-corrected chi connectivity index (χ0v) is 6.64. The van der Waals surface area contributed by atoms with Crippen molar-refractivity contribution in [3.63, 3.8) is 0 Å². The number of carbonyl (C=O) groups is 1. The molecule has 2 bridgehead atoms. The van der Waals surface area contributed by atoms with Crippen LogP contribution in [0.25, 0.3) is 0 Å². The van der Waals surface area contributed by atoms with E-state index in [0.29, 0.717) is 0 Å². The van der Waals surface area contributed by atoms with Crippen LogP contribution in [-0.4, -0.2) is 5.78 Å². The monoisotopic (exact) mass is 152 g/mol. The predicted octanol–water partition coefficient (Wildman–Crippen LogP) is 1.49. The quantitative estimate of drug-likeness (QED) is 0.514. The van der Waals surface area contributed by atoms with Crippen molar-refractivity contribution in [1.29, 1.82) is 0 Å². The molecular weight excluding hydrogens is 144 g/mol. The highest BCUT2D eigenvalue weighted by molar-refractivity contribution is 7.59. The second kappa shape index (κ2) is 2.13. The molecule has 0 atom stereocenters. The molecule has 0 spiro atoms. The Kier molecular flexibility index (Phi) is 1.57. The first-order chi connectivity index (χ1) is 4.29. The first-order valence-electron chi connectivity index (χ1n) is 2.94. The Morgan fingerprint density at radius 2 is 2.00 bits per heavy atom. The lowest BCUT2D eigenvalue weighted by atomic mass is 10.2. The van der Waals surface area contributed by atoms with Crippen LogP contribution < -0.4 is 0 Å². The van der Waals surface area contributed by atoms with Gasteiger partial charge in [0.1, 0.15) is 0 Å². The van der Waals surface area contributed by atoms with Crippen molar-refractivity contribution in [3.05, 3.63) is 34.9 Å². The lowest BCUT2D eigenvalue weighted by molar-refractivity contribution is -0.111. The van der Waals surface area contributed by atoms with E-state index in [1.165, 1.54) is 0 Å². The lowest BCUT2D eigenvalue weighted by Crippen LogP contribution is -1.90. The smallest absolute Gasteiger partial charge is 0.193 e. The maximum Gasteiger partial charge on any atom is 0.193 e. The number of hydrogen-bond donors (Lipinski definition) is 0. The van der Waals surface area contributed by atoms with E-state index < -0.39 is 0 Å². The molecule has 0 aromatic rings. The number of hydrogen-bond acceptors (Lipinski definition) is 1. The molecule has 0 N–H and O–H groups in total. The Balaban J connectivity index is 0.000000500.